The number of morpholine rings is 1. The molecule has 1 aromatic heterocycles. The van der Waals surface area contributed by atoms with Crippen LogP contribution in [0.5, 0.6) is 0 Å². The molecule has 2 atom stereocenters. The first-order valence-electron chi connectivity index (χ1n) is 7.79. The van der Waals surface area contributed by atoms with E-state index >= 15 is 0 Å². The number of rotatable bonds is 2. The zero-order valence-electron chi connectivity index (χ0n) is 13.0. The Labute approximate surface area is 130 Å². The lowest BCUT2D eigenvalue weighted by Crippen LogP contribution is -2.46. The van der Waals surface area contributed by atoms with Gasteiger partial charge in [0.2, 0.25) is 0 Å². The van der Waals surface area contributed by atoms with Crippen LogP contribution in [0.1, 0.15) is 35.5 Å². The van der Waals surface area contributed by atoms with Crippen molar-refractivity contribution in [3.8, 4) is 0 Å². The molecule has 0 radical (unpaired) electrons. The van der Waals surface area contributed by atoms with Gasteiger partial charge in [-0.25, -0.2) is 9.78 Å². The highest BCUT2D eigenvalue weighted by Gasteiger charge is 2.26. The van der Waals surface area contributed by atoms with E-state index in [1.54, 1.807) is 6.07 Å². The van der Waals surface area contributed by atoms with Gasteiger partial charge in [0.15, 0.2) is 0 Å². The smallest absolute Gasteiger partial charge is 0.336 e. The first-order valence-corrected chi connectivity index (χ1v) is 7.79. The largest absolute Gasteiger partial charge is 0.478 e. The van der Waals surface area contributed by atoms with Gasteiger partial charge < -0.3 is 19.5 Å². The topological polar surface area (TPSA) is 71.9 Å². The molecular weight excluding hydrogens is 284 g/mol. The minimum Gasteiger partial charge on any atom is -0.478 e. The summed E-state index contributed by atoms with van der Waals surface area (Å²) < 4.78 is 11.2. The highest BCUT2D eigenvalue weighted by Crippen LogP contribution is 2.25. The Kier molecular flexibility index (Phi) is 4.31. The Morgan fingerprint density at radius 1 is 1.27 bits per heavy atom. The minimum atomic E-state index is -0.892. The van der Waals surface area contributed by atoms with E-state index in [0.717, 1.165) is 30.2 Å². The number of pyridine rings is 1. The molecule has 1 fully saturated rings. The van der Waals surface area contributed by atoms with Gasteiger partial charge in [0, 0.05) is 25.2 Å². The van der Waals surface area contributed by atoms with E-state index in [1.807, 2.05) is 13.8 Å². The maximum atomic E-state index is 11.6. The van der Waals surface area contributed by atoms with Crippen LogP contribution in [0.25, 0.3) is 0 Å². The molecule has 3 rings (SSSR count). The zero-order chi connectivity index (χ0) is 15.7. The quantitative estimate of drug-likeness (QED) is 0.893. The predicted octanol–water partition coefficient (Wildman–Crippen LogP) is 1.51. The summed E-state index contributed by atoms with van der Waals surface area (Å²) in [5.74, 6) is -0.156. The van der Waals surface area contributed by atoms with Gasteiger partial charge in [-0.15, -0.1) is 0 Å². The molecule has 0 amide bonds. The summed E-state index contributed by atoms with van der Waals surface area (Å²) in [6, 6.07) is 1.71. The SMILES string of the molecule is CC1CN(c2cc(C(=O)O)c3c(n2)CCOCC3)CC(C)O1. The number of ether oxygens (including phenoxy) is 2. The minimum absolute atomic E-state index is 0.112. The zero-order valence-corrected chi connectivity index (χ0v) is 13.0. The number of nitrogens with zero attached hydrogens (tertiary/aromatic N) is 2. The Balaban J connectivity index is 1.99. The van der Waals surface area contributed by atoms with Crippen LogP contribution in [-0.2, 0) is 22.3 Å². The summed E-state index contributed by atoms with van der Waals surface area (Å²) in [7, 11) is 0. The van der Waals surface area contributed by atoms with Crippen molar-refractivity contribution in [2.24, 2.45) is 0 Å². The Morgan fingerprint density at radius 2 is 1.95 bits per heavy atom. The van der Waals surface area contributed by atoms with Crippen LogP contribution in [0.2, 0.25) is 0 Å². The van der Waals surface area contributed by atoms with Gasteiger partial charge >= 0.3 is 5.97 Å². The number of anilines is 1. The second-order valence-electron chi connectivity index (χ2n) is 6.03. The summed E-state index contributed by atoms with van der Waals surface area (Å²) in [4.78, 5) is 18.5. The second-order valence-corrected chi connectivity index (χ2v) is 6.03. The van der Waals surface area contributed by atoms with Gasteiger partial charge in [0.1, 0.15) is 5.82 Å². The highest BCUT2D eigenvalue weighted by atomic mass is 16.5. The molecule has 1 aromatic rings. The summed E-state index contributed by atoms with van der Waals surface area (Å²) in [5.41, 5.74) is 2.04. The summed E-state index contributed by atoms with van der Waals surface area (Å²) in [6.07, 6.45) is 1.50. The Morgan fingerprint density at radius 3 is 2.64 bits per heavy atom. The summed E-state index contributed by atoms with van der Waals surface area (Å²) in [5, 5.41) is 9.55. The number of aromatic carboxylic acids is 1. The van der Waals surface area contributed by atoms with Crippen molar-refractivity contribution in [2.75, 3.05) is 31.2 Å². The van der Waals surface area contributed by atoms with Crippen molar-refractivity contribution >= 4 is 11.8 Å². The third kappa shape index (κ3) is 3.08. The fraction of sp³-hybridized carbons (Fsp3) is 0.625. The van der Waals surface area contributed by atoms with Crippen LogP contribution in [0.3, 0.4) is 0 Å². The second kappa shape index (κ2) is 6.22. The van der Waals surface area contributed by atoms with Gasteiger partial charge in [0.05, 0.1) is 31.0 Å². The molecule has 3 heterocycles. The van der Waals surface area contributed by atoms with Gasteiger partial charge in [-0.2, -0.15) is 0 Å². The average Bonchev–Trinajstić information content (AvgIpc) is 2.70. The number of aromatic nitrogens is 1. The van der Waals surface area contributed by atoms with E-state index in [2.05, 4.69) is 4.90 Å². The highest BCUT2D eigenvalue weighted by molar-refractivity contribution is 5.90. The normalized spacial score (nSPS) is 25.5. The van der Waals surface area contributed by atoms with Gasteiger partial charge in [-0.3, -0.25) is 0 Å². The maximum Gasteiger partial charge on any atom is 0.336 e. The standard InChI is InChI=1S/C16H22N2O4/c1-10-8-18(9-11(2)22-10)15-7-13(16(19)20)12-3-5-21-6-4-14(12)17-15/h7,10-11H,3-6,8-9H2,1-2H3,(H,19,20). The first kappa shape index (κ1) is 15.2. The van der Waals surface area contributed by atoms with Crippen LogP contribution in [0.15, 0.2) is 6.07 Å². The molecule has 22 heavy (non-hydrogen) atoms. The Bertz CT molecular complexity index is 566. The third-order valence-electron chi connectivity index (χ3n) is 4.15. The van der Waals surface area contributed by atoms with Crippen LogP contribution < -0.4 is 4.90 Å². The third-order valence-corrected chi connectivity index (χ3v) is 4.15. The molecule has 2 unspecified atom stereocenters. The van der Waals surface area contributed by atoms with Crippen molar-refractivity contribution in [3.63, 3.8) is 0 Å². The van der Waals surface area contributed by atoms with Crippen LogP contribution in [0, 0.1) is 0 Å². The van der Waals surface area contributed by atoms with E-state index in [4.69, 9.17) is 14.5 Å². The predicted molar refractivity (Wildman–Crippen MR) is 81.6 cm³/mol. The number of fused-ring (bicyclic) bond motifs is 1. The molecule has 2 aliphatic heterocycles. The van der Waals surface area contributed by atoms with E-state index in [0.29, 0.717) is 31.6 Å². The molecule has 0 aliphatic carbocycles. The lowest BCUT2D eigenvalue weighted by atomic mass is 10.0. The lowest BCUT2D eigenvalue weighted by Gasteiger charge is -2.36. The summed E-state index contributed by atoms with van der Waals surface area (Å²) in [6.45, 7) is 6.66. The molecular formula is C16H22N2O4. The Hall–Kier alpha value is -1.66. The summed E-state index contributed by atoms with van der Waals surface area (Å²) >= 11 is 0. The molecule has 2 aliphatic rings. The van der Waals surface area contributed by atoms with Crippen LogP contribution in [0.4, 0.5) is 5.82 Å². The molecule has 0 bridgehead atoms. The molecule has 1 N–H and O–H groups in total. The maximum absolute atomic E-state index is 11.6. The average molecular weight is 306 g/mol. The van der Waals surface area contributed by atoms with Crippen molar-refractivity contribution in [1.29, 1.82) is 0 Å². The molecule has 0 saturated carbocycles. The molecule has 1 saturated heterocycles. The van der Waals surface area contributed by atoms with Crippen molar-refractivity contribution < 1.29 is 19.4 Å². The number of carboxylic acid groups (broad SMARTS) is 1. The fourth-order valence-electron chi connectivity index (χ4n) is 3.26. The van der Waals surface area contributed by atoms with E-state index in [-0.39, 0.29) is 12.2 Å². The van der Waals surface area contributed by atoms with E-state index < -0.39 is 5.97 Å². The number of carbonyl (C=O) groups is 1. The van der Waals surface area contributed by atoms with E-state index in [1.165, 1.54) is 0 Å². The molecule has 0 aromatic carbocycles. The number of hydrogen-bond donors (Lipinski definition) is 1. The van der Waals surface area contributed by atoms with Crippen molar-refractivity contribution in [1.82, 2.24) is 4.98 Å². The number of hydrogen-bond acceptors (Lipinski definition) is 5. The molecule has 6 heteroatoms. The molecule has 120 valence electrons. The van der Waals surface area contributed by atoms with Crippen molar-refractivity contribution in [3.05, 3.63) is 22.9 Å². The van der Waals surface area contributed by atoms with Crippen LogP contribution >= 0.6 is 0 Å². The van der Waals surface area contributed by atoms with Gasteiger partial charge in [-0.05, 0) is 31.9 Å². The first-order chi connectivity index (χ1) is 10.5. The van der Waals surface area contributed by atoms with Crippen molar-refractivity contribution in [2.45, 2.75) is 38.9 Å². The molecule has 6 nitrogen and oxygen atoms in total. The molecule has 0 spiro atoms. The van der Waals surface area contributed by atoms with Crippen LogP contribution in [-0.4, -0.2) is 54.6 Å². The lowest BCUT2D eigenvalue weighted by molar-refractivity contribution is -0.00547. The van der Waals surface area contributed by atoms with Gasteiger partial charge in [0.25, 0.3) is 0 Å². The van der Waals surface area contributed by atoms with E-state index in [9.17, 15) is 9.90 Å². The number of carboxylic acids is 1. The van der Waals surface area contributed by atoms with Gasteiger partial charge in [-0.1, -0.05) is 0 Å². The monoisotopic (exact) mass is 306 g/mol. The fourth-order valence-corrected chi connectivity index (χ4v) is 3.26.